The molecule has 1 atom stereocenters. The van der Waals surface area contributed by atoms with Gasteiger partial charge in [0.2, 0.25) is 0 Å². The number of amides is 1. The molecule has 1 saturated heterocycles. The van der Waals surface area contributed by atoms with Crippen molar-refractivity contribution in [3.63, 3.8) is 0 Å². The van der Waals surface area contributed by atoms with E-state index in [1.54, 1.807) is 18.3 Å². The van der Waals surface area contributed by atoms with Crippen LogP contribution in [-0.4, -0.2) is 70.2 Å². The largest absolute Gasteiger partial charge is 0.496 e. The van der Waals surface area contributed by atoms with Gasteiger partial charge in [-0.1, -0.05) is 6.07 Å². The molecule has 37 heavy (non-hydrogen) atoms. The van der Waals surface area contributed by atoms with Crippen molar-refractivity contribution in [3.05, 3.63) is 52.4 Å². The number of benzene rings is 2. The van der Waals surface area contributed by atoms with E-state index in [4.69, 9.17) is 15.2 Å². The van der Waals surface area contributed by atoms with Crippen molar-refractivity contribution < 1.29 is 27.2 Å². The van der Waals surface area contributed by atoms with Crippen LogP contribution in [0.25, 0.3) is 10.1 Å². The highest BCUT2D eigenvalue weighted by atomic mass is 32.2. The number of nitrogens with zero attached hydrogens (tertiary/aromatic N) is 2. The highest BCUT2D eigenvalue weighted by Crippen LogP contribution is 2.40. The molecule has 3 N–H and O–H groups in total. The van der Waals surface area contributed by atoms with Gasteiger partial charge in [-0.05, 0) is 49.9 Å². The molecule has 0 bridgehead atoms. The first-order valence-corrected chi connectivity index (χ1v) is 14.5. The van der Waals surface area contributed by atoms with Crippen molar-refractivity contribution in [3.8, 4) is 11.5 Å². The summed E-state index contributed by atoms with van der Waals surface area (Å²) in [6.45, 7) is 7.88. The molecule has 0 radical (unpaired) electrons. The molecule has 1 aliphatic heterocycles. The summed E-state index contributed by atoms with van der Waals surface area (Å²) >= 11 is 1.76. The van der Waals surface area contributed by atoms with Crippen molar-refractivity contribution in [1.29, 1.82) is 0 Å². The van der Waals surface area contributed by atoms with Gasteiger partial charge in [-0.25, -0.2) is 0 Å². The van der Waals surface area contributed by atoms with Gasteiger partial charge in [0.15, 0.2) is 0 Å². The molecule has 1 aromatic heterocycles. The number of piperazine rings is 1. The Morgan fingerprint density at radius 3 is 2.59 bits per heavy atom. The summed E-state index contributed by atoms with van der Waals surface area (Å²) in [5.41, 5.74) is 7.60. The number of primary amides is 1. The van der Waals surface area contributed by atoms with Crippen molar-refractivity contribution in [2.45, 2.75) is 25.5 Å². The Bertz CT molecular complexity index is 1380. The second-order valence-corrected chi connectivity index (χ2v) is 11.8. The summed E-state index contributed by atoms with van der Waals surface area (Å²) in [6.07, 6.45) is 0.715. The monoisotopic (exact) mass is 547 g/mol. The highest BCUT2D eigenvalue weighted by Gasteiger charge is 2.29. The van der Waals surface area contributed by atoms with Gasteiger partial charge in [-0.3, -0.25) is 14.2 Å². The first kappa shape index (κ1) is 27.2. The summed E-state index contributed by atoms with van der Waals surface area (Å²) < 4.78 is 45.9. The first-order valence-electron chi connectivity index (χ1n) is 12.2. The SMILES string of the molecule is COc1cc(C(N)=O)c(OCCCN2CCN(c3cccc4sccc34)CC2)c(C)c1C(C)S(=O)(=O)O. The van der Waals surface area contributed by atoms with E-state index >= 15 is 0 Å². The van der Waals surface area contributed by atoms with Gasteiger partial charge in [0, 0.05) is 59.6 Å². The maximum Gasteiger partial charge on any atom is 0.271 e. The Kier molecular flexibility index (Phi) is 8.27. The normalized spacial score (nSPS) is 15.6. The number of anilines is 1. The number of carbonyl (C=O) groups is 1. The van der Waals surface area contributed by atoms with E-state index in [1.807, 2.05) is 0 Å². The van der Waals surface area contributed by atoms with E-state index in [1.165, 1.54) is 35.9 Å². The maximum atomic E-state index is 12.1. The molecule has 1 unspecified atom stereocenters. The molecule has 4 rings (SSSR count). The lowest BCUT2D eigenvalue weighted by molar-refractivity contribution is 0.0995. The Morgan fingerprint density at radius 1 is 1.22 bits per heavy atom. The van der Waals surface area contributed by atoms with E-state index in [-0.39, 0.29) is 22.6 Å². The molecular weight excluding hydrogens is 514 g/mol. The number of methoxy groups -OCH3 is 1. The Hall–Kier alpha value is -2.86. The fourth-order valence-corrected chi connectivity index (χ4v) is 6.30. The van der Waals surface area contributed by atoms with Gasteiger partial charge in [-0.15, -0.1) is 11.3 Å². The van der Waals surface area contributed by atoms with Crippen LogP contribution >= 0.6 is 11.3 Å². The molecule has 1 aliphatic rings. The first-order chi connectivity index (χ1) is 17.6. The third-order valence-corrected chi connectivity index (χ3v) is 8.93. The number of thiophene rings is 1. The fraction of sp³-hybridized carbons (Fsp3) is 0.423. The van der Waals surface area contributed by atoms with Crippen LogP contribution in [0, 0.1) is 6.92 Å². The zero-order chi connectivity index (χ0) is 26.7. The summed E-state index contributed by atoms with van der Waals surface area (Å²) in [4.78, 5) is 16.9. The molecule has 11 heteroatoms. The molecule has 2 heterocycles. The van der Waals surface area contributed by atoms with Crippen LogP contribution in [0.5, 0.6) is 11.5 Å². The Labute approximate surface area is 221 Å². The van der Waals surface area contributed by atoms with Crippen LogP contribution in [0.1, 0.15) is 40.1 Å². The number of fused-ring (bicyclic) bond motifs is 1. The summed E-state index contributed by atoms with van der Waals surface area (Å²) in [5, 5.41) is 2.17. The van der Waals surface area contributed by atoms with Crippen molar-refractivity contribution >= 4 is 43.1 Å². The van der Waals surface area contributed by atoms with E-state index in [0.717, 1.165) is 32.7 Å². The predicted molar refractivity (Wildman–Crippen MR) is 147 cm³/mol. The quantitative estimate of drug-likeness (QED) is 0.290. The molecule has 3 aromatic rings. The number of hydrogen-bond donors (Lipinski definition) is 2. The lowest BCUT2D eigenvalue weighted by Gasteiger charge is -2.36. The molecule has 200 valence electrons. The topological polar surface area (TPSA) is 122 Å². The maximum absolute atomic E-state index is 12.1. The van der Waals surface area contributed by atoms with Crippen LogP contribution in [0.15, 0.2) is 35.7 Å². The van der Waals surface area contributed by atoms with Crippen molar-refractivity contribution in [2.75, 3.05) is 51.3 Å². The van der Waals surface area contributed by atoms with E-state index in [9.17, 15) is 17.8 Å². The van der Waals surface area contributed by atoms with Gasteiger partial charge in [0.1, 0.15) is 16.7 Å². The average molecular weight is 548 g/mol. The molecule has 0 saturated carbocycles. The summed E-state index contributed by atoms with van der Waals surface area (Å²) in [7, 11) is -3.03. The molecule has 1 amide bonds. The van der Waals surface area contributed by atoms with Crippen molar-refractivity contribution in [1.82, 2.24) is 4.90 Å². The van der Waals surface area contributed by atoms with Gasteiger partial charge in [0.05, 0.1) is 19.3 Å². The van der Waals surface area contributed by atoms with E-state index < -0.39 is 21.3 Å². The summed E-state index contributed by atoms with van der Waals surface area (Å²) in [6, 6.07) is 10.0. The number of hydrogen-bond acceptors (Lipinski definition) is 8. The molecule has 9 nitrogen and oxygen atoms in total. The predicted octanol–water partition coefficient (Wildman–Crippen LogP) is 3.86. The van der Waals surface area contributed by atoms with Gasteiger partial charge < -0.3 is 20.1 Å². The molecule has 0 spiro atoms. The van der Waals surface area contributed by atoms with E-state index in [2.05, 4.69) is 39.4 Å². The van der Waals surface area contributed by atoms with Crippen LogP contribution in [0.2, 0.25) is 0 Å². The van der Waals surface area contributed by atoms with Crippen molar-refractivity contribution in [2.24, 2.45) is 5.73 Å². The van der Waals surface area contributed by atoms with Crippen LogP contribution in [0.3, 0.4) is 0 Å². The number of nitrogens with two attached hydrogens (primary N) is 1. The average Bonchev–Trinajstić information content (AvgIpc) is 3.35. The zero-order valence-electron chi connectivity index (χ0n) is 21.3. The minimum absolute atomic E-state index is 0.108. The lowest BCUT2D eigenvalue weighted by Crippen LogP contribution is -2.46. The number of rotatable bonds is 10. The smallest absolute Gasteiger partial charge is 0.271 e. The summed E-state index contributed by atoms with van der Waals surface area (Å²) in [5.74, 6) is -0.341. The molecular formula is C26H33N3O6S2. The lowest BCUT2D eigenvalue weighted by atomic mass is 9.99. The Balaban J connectivity index is 1.38. The number of ether oxygens (including phenoxy) is 2. The minimum Gasteiger partial charge on any atom is -0.496 e. The Morgan fingerprint density at radius 2 is 1.95 bits per heavy atom. The zero-order valence-corrected chi connectivity index (χ0v) is 22.9. The third kappa shape index (κ3) is 5.85. The molecule has 2 aromatic carbocycles. The fourth-order valence-electron chi connectivity index (χ4n) is 4.90. The van der Waals surface area contributed by atoms with Gasteiger partial charge >= 0.3 is 0 Å². The highest BCUT2D eigenvalue weighted by molar-refractivity contribution is 7.86. The van der Waals surface area contributed by atoms with Crippen LogP contribution < -0.4 is 20.1 Å². The van der Waals surface area contributed by atoms with Gasteiger partial charge in [0.25, 0.3) is 16.0 Å². The van der Waals surface area contributed by atoms with Crippen LogP contribution in [-0.2, 0) is 10.1 Å². The standard InChI is InChI=1S/C26H33N3O6S2/c1-17-24(18(2)37(31,32)33)22(34-3)16-20(26(27)30)25(17)35-14-5-9-28-10-12-29(13-11-28)21-6-4-7-23-19(21)8-15-36-23/h4,6-8,15-16,18H,5,9-14H2,1-3H3,(H2,27,30)(H,31,32,33). The third-order valence-electron chi connectivity index (χ3n) is 6.92. The van der Waals surface area contributed by atoms with E-state index in [0.29, 0.717) is 18.6 Å². The molecule has 0 aliphatic carbocycles. The van der Waals surface area contributed by atoms with Crippen LogP contribution in [0.4, 0.5) is 5.69 Å². The second-order valence-electron chi connectivity index (χ2n) is 9.16. The number of carbonyl (C=O) groups excluding carboxylic acids is 1. The van der Waals surface area contributed by atoms with Gasteiger partial charge in [-0.2, -0.15) is 8.42 Å². The second kappa shape index (κ2) is 11.3. The molecule has 1 fully saturated rings. The minimum atomic E-state index is -4.40.